The average molecular weight is 227 g/mol. The van der Waals surface area contributed by atoms with Crippen LogP contribution in [0.15, 0.2) is 0 Å². The van der Waals surface area contributed by atoms with Gasteiger partial charge in [0.15, 0.2) is 0 Å². The molecule has 0 aromatic heterocycles. The van der Waals surface area contributed by atoms with Crippen LogP contribution in [0.5, 0.6) is 0 Å². The van der Waals surface area contributed by atoms with E-state index in [1.165, 1.54) is 12.8 Å². The van der Waals surface area contributed by atoms with Crippen molar-refractivity contribution in [3.05, 3.63) is 0 Å². The van der Waals surface area contributed by atoms with Gasteiger partial charge in [-0.1, -0.05) is 0 Å². The second-order valence-corrected chi connectivity index (χ2v) is 5.14. The van der Waals surface area contributed by atoms with Gasteiger partial charge in [0.05, 0.1) is 0 Å². The number of carboxylic acid groups (broad SMARTS) is 1. The number of carboxylic acids is 1. The molecule has 0 aromatic rings. The van der Waals surface area contributed by atoms with Crippen LogP contribution in [-0.2, 0) is 4.79 Å². The average Bonchev–Trinajstić information content (AvgIpc) is 2.46. The summed E-state index contributed by atoms with van der Waals surface area (Å²) in [5, 5.41) is 17.7. The zero-order valence-electron chi connectivity index (χ0n) is 9.64. The van der Waals surface area contributed by atoms with E-state index in [1.807, 2.05) is 0 Å². The van der Waals surface area contributed by atoms with E-state index in [2.05, 4.69) is 4.90 Å². The summed E-state index contributed by atoms with van der Waals surface area (Å²) in [5.74, 6) is -0.284. The van der Waals surface area contributed by atoms with E-state index in [1.54, 1.807) is 0 Å². The van der Waals surface area contributed by atoms with Crippen LogP contribution < -0.4 is 0 Å². The van der Waals surface area contributed by atoms with E-state index in [4.69, 9.17) is 10.2 Å². The normalized spacial score (nSPS) is 34.2. The predicted molar refractivity (Wildman–Crippen MR) is 60.2 cm³/mol. The minimum atomic E-state index is -0.659. The van der Waals surface area contributed by atoms with Crippen LogP contribution in [-0.4, -0.2) is 46.3 Å². The smallest absolute Gasteiger partial charge is 0.303 e. The lowest BCUT2D eigenvalue weighted by atomic mass is 9.88. The molecular formula is C12H21NO3. The first kappa shape index (κ1) is 11.9. The lowest BCUT2D eigenvalue weighted by Crippen LogP contribution is -2.43. The first-order valence-electron chi connectivity index (χ1n) is 6.29. The van der Waals surface area contributed by atoms with Gasteiger partial charge in [0.2, 0.25) is 0 Å². The number of fused-ring (bicyclic) bond motifs is 2. The van der Waals surface area contributed by atoms with E-state index in [0.29, 0.717) is 24.4 Å². The Morgan fingerprint density at radius 1 is 1.25 bits per heavy atom. The van der Waals surface area contributed by atoms with Crippen LogP contribution in [0.4, 0.5) is 0 Å². The number of aliphatic hydroxyl groups excluding tert-OH is 1. The molecule has 2 heterocycles. The fraction of sp³-hybridized carbons (Fsp3) is 0.917. The highest BCUT2D eigenvalue weighted by molar-refractivity contribution is 5.67. The number of aliphatic hydroxyl groups is 1. The molecule has 2 atom stereocenters. The van der Waals surface area contributed by atoms with Crippen LogP contribution in [0.25, 0.3) is 0 Å². The standard InChI is InChI=1S/C12H21NO3/c14-5-1-4-13-10-2-3-11(13)7-9(6-10)8-12(15)16/h9-11,14H,1-8H2,(H,15,16). The van der Waals surface area contributed by atoms with Crippen molar-refractivity contribution in [2.45, 2.75) is 50.6 Å². The molecule has 0 aliphatic carbocycles. The highest BCUT2D eigenvalue weighted by Gasteiger charge is 2.40. The summed E-state index contributed by atoms with van der Waals surface area (Å²) in [4.78, 5) is 13.2. The molecule has 0 spiro atoms. The van der Waals surface area contributed by atoms with E-state index in [0.717, 1.165) is 25.8 Å². The third kappa shape index (κ3) is 2.55. The first-order chi connectivity index (χ1) is 7.70. The second kappa shape index (κ2) is 5.15. The molecule has 2 saturated heterocycles. The predicted octanol–water partition coefficient (Wildman–Crippen LogP) is 1.09. The van der Waals surface area contributed by atoms with Crippen molar-refractivity contribution >= 4 is 5.97 Å². The van der Waals surface area contributed by atoms with Gasteiger partial charge >= 0.3 is 5.97 Å². The fourth-order valence-corrected chi connectivity index (χ4v) is 3.42. The van der Waals surface area contributed by atoms with Crippen molar-refractivity contribution in [1.29, 1.82) is 0 Å². The monoisotopic (exact) mass is 227 g/mol. The van der Waals surface area contributed by atoms with E-state index >= 15 is 0 Å². The third-order valence-electron chi connectivity index (χ3n) is 4.02. The van der Waals surface area contributed by atoms with Gasteiger partial charge in [0.25, 0.3) is 0 Å². The van der Waals surface area contributed by atoms with Gasteiger partial charge in [-0.15, -0.1) is 0 Å². The Hall–Kier alpha value is -0.610. The van der Waals surface area contributed by atoms with Crippen molar-refractivity contribution in [1.82, 2.24) is 4.90 Å². The Morgan fingerprint density at radius 2 is 1.88 bits per heavy atom. The van der Waals surface area contributed by atoms with E-state index < -0.39 is 5.97 Å². The molecule has 16 heavy (non-hydrogen) atoms. The lowest BCUT2D eigenvalue weighted by molar-refractivity contribution is -0.138. The number of piperidine rings is 1. The maximum Gasteiger partial charge on any atom is 0.303 e. The molecule has 4 heteroatoms. The highest BCUT2D eigenvalue weighted by atomic mass is 16.4. The number of rotatable bonds is 5. The van der Waals surface area contributed by atoms with Crippen molar-refractivity contribution in [3.63, 3.8) is 0 Å². The summed E-state index contributed by atoms with van der Waals surface area (Å²) >= 11 is 0. The summed E-state index contributed by atoms with van der Waals surface area (Å²) < 4.78 is 0. The molecule has 0 saturated carbocycles. The molecule has 2 aliphatic rings. The van der Waals surface area contributed by atoms with Crippen LogP contribution in [0.3, 0.4) is 0 Å². The third-order valence-corrected chi connectivity index (χ3v) is 4.02. The second-order valence-electron chi connectivity index (χ2n) is 5.14. The summed E-state index contributed by atoms with van der Waals surface area (Å²) in [6.07, 6.45) is 5.68. The molecule has 0 aromatic carbocycles. The summed E-state index contributed by atoms with van der Waals surface area (Å²) in [6, 6.07) is 1.16. The maximum atomic E-state index is 10.7. The zero-order valence-corrected chi connectivity index (χ0v) is 9.64. The number of aliphatic carboxylic acids is 1. The number of hydrogen-bond donors (Lipinski definition) is 2. The largest absolute Gasteiger partial charge is 0.481 e. The number of hydrogen-bond acceptors (Lipinski definition) is 3. The van der Waals surface area contributed by atoms with Crippen LogP contribution >= 0.6 is 0 Å². The van der Waals surface area contributed by atoms with Crippen molar-refractivity contribution in [2.24, 2.45) is 5.92 Å². The Morgan fingerprint density at radius 3 is 2.38 bits per heavy atom. The van der Waals surface area contributed by atoms with Gasteiger partial charge in [-0.3, -0.25) is 9.69 Å². The molecule has 4 nitrogen and oxygen atoms in total. The molecule has 2 N–H and O–H groups in total. The molecule has 2 aliphatic heterocycles. The Kier molecular flexibility index (Phi) is 3.82. The maximum absolute atomic E-state index is 10.7. The van der Waals surface area contributed by atoms with Gasteiger partial charge in [0, 0.05) is 31.7 Å². The molecular weight excluding hydrogens is 206 g/mol. The molecule has 2 fully saturated rings. The molecule has 2 rings (SSSR count). The van der Waals surface area contributed by atoms with Crippen molar-refractivity contribution < 1.29 is 15.0 Å². The lowest BCUT2D eigenvalue weighted by Gasteiger charge is -2.38. The quantitative estimate of drug-likeness (QED) is 0.738. The molecule has 0 radical (unpaired) electrons. The Labute approximate surface area is 96.3 Å². The van der Waals surface area contributed by atoms with Gasteiger partial charge in [-0.25, -0.2) is 0 Å². The number of carbonyl (C=O) groups is 1. The minimum Gasteiger partial charge on any atom is -0.481 e. The highest BCUT2D eigenvalue weighted by Crippen LogP contribution is 2.39. The van der Waals surface area contributed by atoms with E-state index in [9.17, 15) is 4.79 Å². The molecule has 2 bridgehead atoms. The van der Waals surface area contributed by atoms with Crippen LogP contribution in [0.1, 0.15) is 38.5 Å². The fourth-order valence-electron chi connectivity index (χ4n) is 3.42. The van der Waals surface area contributed by atoms with Gasteiger partial charge in [-0.2, -0.15) is 0 Å². The summed E-state index contributed by atoms with van der Waals surface area (Å²) in [5.41, 5.74) is 0. The minimum absolute atomic E-state index is 0.258. The number of nitrogens with zero attached hydrogens (tertiary/aromatic N) is 1. The van der Waals surface area contributed by atoms with Crippen molar-refractivity contribution in [2.75, 3.05) is 13.2 Å². The van der Waals surface area contributed by atoms with Crippen LogP contribution in [0.2, 0.25) is 0 Å². The molecule has 2 unspecified atom stereocenters. The summed E-state index contributed by atoms with van der Waals surface area (Å²) in [6.45, 7) is 1.24. The SMILES string of the molecule is O=C(O)CC1CC2CCC(C1)N2CCCO. The summed E-state index contributed by atoms with van der Waals surface area (Å²) in [7, 11) is 0. The Balaban J connectivity index is 1.88. The van der Waals surface area contributed by atoms with E-state index in [-0.39, 0.29) is 6.61 Å². The van der Waals surface area contributed by atoms with Gasteiger partial charge in [0.1, 0.15) is 0 Å². The molecule has 0 amide bonds. The topological polar surface area (TPSA) is 60.8 Å². The van der Waals surface area contributed by atoms with Gasteiger partial charge < -0.3 is 10.2 Å². The van der Waals surface area contributed by atoms with Gasteiger partial charge in [-0.05, 0) is 38.0 Å². The Bertz CT molecular complexity index is 243. The molecule has 92 valence electrons. The van der Waals surface area contributed by atoms with Crippen molar-refractivity contribution in [3.8, 4) is 0 Å². The van der Waals surface area contributed by atoms with Crippen LogP contribution in [0, 0.1) is 5.92 Å². The first-order valence-corrected chi connectivity index (χ1v) is 6.29. The zero-order chi connectivity index (χ0) is 11.5.